The van der Waals surface area contributed by atoms with Crippen molar-refractivity contribution in [2.24, 2.45) is 7.05 Å². The Kier molecular flexibility index (Phi) is 3.55. The summed E-state index contributed by atoms with van der Waals surface area (Å²) in [5.74, 6) is 0.808. The number of nitrogens with one attached hydrogen (secondary N) is 1. The van der Waals surface area contributed by atoms with Crippen LogP contribution in [0.15, 0.2) is 24.7 Å². The topological polar surface area (TPSA) is 86.1 Å². The number of aromatic amines is 1. The Labute approximate surface area is 163 Å². The smallest absolute Gasteiger partial charge is 0.180 e. The van der Waals surface area contributed by atoms with Crippen molar-refractivity contribution in [1.82, 2.24) is 29.6 Å². The molecule has 1 saturated carbocycles. The number of hydrogen-bond acceptors (Lipinski definition) is 6. The van der Waals surface area contributed by atoms with Gasteiger partial charge in [-0.05, 0) is 31.7 Å². The summed E-state index contributed by atoms with van der Waals surface area (Å²) in [6, 6.07) is 3.53. The monoisotopic (exact) mass is 379 g/mol. The molecule has 8 heteroatoms. The first kappa shape index (κ1) is 16.5. The van der Waals surface area contributed by atoms with Crippen LogP contribution in [0.4, 0.5) is 5.69 Å². The number of H-pyrrole nitrogens is 1. The maximum Gasteiger partial charge on any atom is 0.180 e. The highest BCUT2D eigenvalue weighted by molar-refractivity contribution is 5.88. The van der Waals surface area contributed by atoms with E-state index in [1.807, 2.05) is 25.6 Å². The predicted molar refractivity (Wildman–Crippen MR) is 106 cm³/mol. The fraction of sp³-hybridized carbons (Fsp3) is 0.550. The molecule has 2 unspecified atom stereocenters. The zero-order valence-corrected chi connectivity index (χ0v) is 16.0. The summed E-state index contributed by atoms with van der Waals surface area (Å²) in [4.78, 5) is 17.8. The Morgan fingerprint density at radius 2 is 1.96 bits per heavy atom. The van der Waals surface area contributed by atoms with Crippen LogP contribution in [0.25, 0.3) is 22.6 Å². The molecule has 5 heterocycles. The fourth-order valence-corrected chi connectivity index (χ4v) is 5.33. The average molecular weight is 379 g/mol. The number of aromatic nitrogens is 5. The van der Waals surface area contributed by atoms with Crippen LogP contribution < -0.4 is 4.90 Å². The van der Waals surface area contributed by atoms with E-state index in [0.717, 1.165) is 48.5 Å². The van der Waals surface area contributed by atoms with Gasteiger partial charge in [-0.1, -0.05) is 0 Å². The molecule has 2 N–H and O–H groups in total. The summed E-state index contributed by atoms with van der Waals surface area (Å²) >= 11 is 0. The van der Waals surface area contributed by atoms with E-state index in [0.29, 0.717) is 18.1 Å². The number of nitrogens with zero attached hydrogens (tertiary/aromatic N) is 6. The minimum Gasteiger partial charge on any atom is -0.391 e. The van der Waals surface area contributed by atoms with Crippen molar-refractivity contribution in [2.75, 3.05) is 18.0 Å². The van der Waals surface area contributed by atoms with Gasteiger partial charge in [0.05, 0.1) is 23.6 Å². The van der Waals surface area contributed by atoms with Gasteiger partial charge in [0.2, 0.25) is 0 Å². The maximum absolute atomic E-state index is 10.2. The molecule has 28 heavy (non-hydrogen) atoms. The third kappa shape index (κ3) is 2.41. The summed E-state index contributed by atoms with van der Waals surface area (Å²) in [6.07, 6.45) is 10.1. The van der Waals surface area contributed by atoms with Crippen molar-refractivity contribution in [3.8, 4) is 11.4 Å². The lowest BCUT2D eigenvalue weighted by molar-refractivity contribution is -0.0472. The second-order valence-corrected chi connectivity index (χ2v) is 8.47. The minimum atomic E-state index is -0.128. The summed E-state index contributed by atoms with van der Waals surface area (Å²) in [6.45, 7) is 2.00. The average Bonchev–Trinajstić information content (AvgIpc) is 3.36. The fourth-order valence-electron chi connectivity index (χ4n) is 5.33. The van der Waals surface area contributed by atoms with Crippen molar-refractivity contribution in [1.29, 1.82) is 0 Å². The molecule has 3 aliphatic rings. The standard InChI is InChI=1S/C20H25N7O/c1-25-9-12(8-22-25)19-23-18-16(6-7-21-20(18)24-19)26-10-13-2-3-14(11-26)27(13)15-4-5-17(15)28/h6-9,13-15,17,28H,2-5,10-11H2,1H3,(H,21,23,24)/t13?,14?,15-,17-/m0/s1. The molecule has 2 aliphatic heterocycles. The third-order valence-corrected chi connectivity index (χ3v) is 6.81. The zero-order chi connectivity index (χ0) is 18.8. The number of piperazine rings is 1. The van der Waals surface area contributed by atoms with Gasteiger partial charge < -0.3 is 15.0 Å². The lowest BCUT2D eigenvalue weighted by atomic mass is 9.86. The SMILES string of the molecule is Cn1cc(-c2nc3nccc(N4CC5CCC(C4)N5[C@H]4CC[C@@H]4O)c3[nH]2)cn1. The number of aliphatic hydroxyl groups is 1. The molecule has 2 bridgehead atoms. The van der Waals surface area contributed by atoms with Gasteiger partial charge in [0.1, 0.15) is 11.3 Å². The van der Waals surface area contributed by atoms with E-state index >= 15 is 0 Å². The molecule has 2 saturated heterocycles. The van der Waals surface area contributed by atoms with Crippen LogP contribution in [0.1, 0.15) is 25.7 Å². The van der Waals surface area contributed by atoms with Crippen molar-refractivity contribution in [3.63, 3.8) is 0 Å². The van der Waals surface area contributed by atoms with Crippen molar-refractivity contribution >= 4 is 16.9 Å². The van der Waals surface area contributed by atoms with Crippen LogP contribution in [-0.2, 0) is 7.05 Å². The van der Waals surface area contributed by atoms with Crippen molar-refractivity contribution in [2.45, 2.75) is 49.9 Å². The quantitative estimate of drug-likeness (QED) is 0.718. The van der Waals surface area contributed by atoms with Crippen molar-refractivity contribution < 1.29 is 5.11 Å². The number of aliphatic hydroxyl groups excluding tert-OH is 1. The van der Waals surface area contributed by atoms with Gasteiger partial charge in [-0.2, -0.15) is 5.10 Å². The molecule has 6 rings (SSSR count). The molecule has 8 nitrogen and oxygen atoms in total. The summed E-state index contributed by atoms with van der Waals surface area (Å²) in [7, 11) is 1.91. The molecule has 1 aliphatic carbocycles. The molecule has 3 aromatic rings. The van der Waals surface area contributed by atoms with E-state index in [2.05, 4.69) is 30.9 Å². The molecule has 4 atom stereocenters. The van der Waals surface area contributed by atoms with Crippen LogP contribution in [0, 0.1) is 0 Å². The highest BCUT2D eigenvalue weighted by atomic mass is 16.3. The molecular weight excluding hydrogens is 354 g/mol. The Morgan fingerprint density at radius 1 is 1.14 bits per heavy atom. The van der Waals surface area contributed by atoms with Crippen LogP contribution in [-0.4, -0.2) is 72.1 Å². The number of rotatable bonds is 3. The van der Waals surface area contributed by atoms with Gasteiger partial charge in [-0.3, -0.25) is 9.58 Å². The Balaban J connectivity index is 1.32. The van der Waals surface area contributed by atoms with Gasteiger partial charge in [0.15, 0.2) is 5.65 Å². The second-order valence-electron chi connectivity index (χ2n) is 8.47. The van der Waals surface area contributed by atoms with E-state index in [9.17, 15) is 5.11 Å². The predicted octanol–water partition coefficient (Wildman–Crippen LogP) is 1.53. The first-order chi connectivity index (χ1) is 13.7. The summed E-state index contributed by atoms with van der Waals surface area (Å²) in [5.41, 5.74) is 3.90. The molecule has 146 valence electrons. The number of imidazole rings is 1. The molecule has 0 radical (unpaired) electrons. The van der Waals surface area contributed by atoms with Gasteiger partial charge in [-0.25, -0.2) is 9.97 Å². The Bertz CT molecular complexity index is 1010. The highest BCUT2D eigenvalue weighted by Crippen LogP contribution is 2.40. The zero-order valence-electron chi connectivity index (χ0n) is 16.0. The number of fused-ring (bicyclic) bond motifs is 3. The lowest BCUT2D eigenvalue weighted by Crippen LogP contribution is -2.62. The van der Waals surface area contributed by atoms with Crippen LogP contribution in [0.2, 0.25) is 0 Å². The van der Waals surface area contributed by atoms with E-state index in [1.54, 1.807) is 4.68 Å². The van der Waals surface area contributed by atoms with Crippen LogP contribution in [0.5, 0.6) is 0 Å². The van der Waals surface area contributed by atoms with Gasteiger partial charge >= 0.3 is 0 Å². The Hall–Kier alpha value is -2.45. The molecule has 3 fully saturated rings. The lowest BCUT2D eigenvalue weighted by Gasteiger charge is -2.50. The van der Waals surface area contributed by atoms with Gasteiger partial charge in [-0.15, -0.1) is 0 Å². The third-order valence-electron chi connectivity index (χ3n) is 6.81. The van der Waals surface area contributed by atoms with Gasteiger partial charge in [0, 0.05) is 50.7 Å². The minimum absolute atomic E-state index is 0.128. The van der Waals surface area contributed by atoms with Gasteiger partial charge in [0.25, 0.3) is 0 Å². The number of pyridine rings is 1. The Morgan fingerprint density at radius 3 is 2.61 bits per heavy atom. The first-order valence-electron chi connectivity index (χ1n) is 10.2. The second kappa shape index (κ2) is 6.02. The molecule has 0 spiro atoms. The van der Waals surface area contributed by atoms with E-state index in [-0.39, 0.29) is 6.10 Å². The van der Waals surface area contributed by atoms with Crippen LogP contribution >= 0.6 is 0 Å². The molecule has 3 aromatic heterocycles. The van der Waals surface area contributed by atoms with E-state index in [4.69, 9.17) is 4.98 Å². The van der Waals surface area contributed by atoms with Crippen molar-refractivity contribution in [3.05, 3.63) is 24.7 Å². The summed E-state index contributed by atoms with van der Waals surface area (Å²) < 4.78 is 1.78. The summed E-state index contributed by atoms with van der Waals surface area (Å²) in [5, 5.41) is 14.4. The highest BCUT2D eigenvalue weighted by Gasteiger charge is 2.48. The number of anilines is 1. The normalized spacial score (nSPS) is 30.1. The number of aryl methyl sites for hydroxylation is 1. The molecule has 0 amide bonds. The first-order valence-corrected chi connectivity index (χ1v) is 10.2. The number of hydrogen-bond donors (Lipinski definition) is 2. The van der Waals surface area contributed by atoms with Crippen LogP contribution in [0.3, 0.4) is 0 Å². The largest absolute Gasteiger partial charge is 0.391 e. The van der Waals surface area contributed by atoms with E-state index in [1.165, 1.54) is 18.5 Å². The molecule has 0 aromatic carbocycles. The van der Waals surface area contributed by atoms with E-state index < -0.39 is 0 Å². The maximum atomic E-state index is 10.2. The molecular formula is C20H25N7O.